The molecule has 0 amide bonds. The molecule has 0 atom stereocenters. The van der Waals surface area contributed by atoms with Gasteiger partial charge in [-0.3, -0.25) is 0 Å². The van der Waals surface area contributed by atoms with Gasteiger partial charge < -0.3 is 9.84 Å². The molecule has 0 saturated carbocycles. The number of carboxylic acid groups (broad SMARTS) is 1. The first-order valence-corrected chi connectivity index (χ1v) is 15.6. The van der Waals surface area contributed by atoms with E-state index in [0.29, 0.717) is 15.8 Å². The minimum atomic E-state index is -1.05. The average Bonchev–Trinajstić information content (AvgIpc) is 2.40. The Morgan fingerprint density at radius 1 is 1.20 bits per heavy atom. The van der Waals surface area contributed by atoms with Crippen molar-refractivity contribution in [2.75, 3.05) is 6.61 Å². The molecule has 1 aromatic carbocycles. The summed E-state index contributed by atoms with van der Waals surface area (Å²) in [7, 11) is 0. The molecular formula is C14H21Cl2O3Pb. The van der Waals surface area contributed by atoms with Crippen LogP contribution in [0.4, 0.5) is 0 Å². The number of hydrogen-bond donors (Lipinski definition) is 1. The number of hydrogen-bond acceptors (Lipinski definition) is 2. The maximum absolute atomic E-state index is 10.2. The van der Waals surface area contributed by atoms with Gasteiger partial charge in [0.25, 0.3) is 0 Å². The van der Waals surface area contributed by atoms with E-state index in [0.717, 1.165) is 0 Å². The molecule has 0 fully saturated rings. The first-order valence-electron chi connectivity index (χ1n) is 6.57. The van der Waals surface area contributed by atoms with Gasteiger partial charge in [0.05, 0.1) is 5.02 Å². The standard InChI is InChI=1S/C8H6Cl2O3.3C2H5.Pb/c9-5-1-2-7(6(10)3-5)13-4-8(11)12;3*1-2;/h1-3H,4H2,(H,11,12);3*1H2,2H3;. The molecule has 0 saturated heterocycles. The third-order valence-corrected chi connectivity index (χ3v) is 14.9. The zero-order chi connectivity index (χ0) is 15.5. The van der Waals surface area contributed by atoms with Gasteiger partial charge in [0, 0.05) is 5.02 Å². The Morgan fingerprint density at radius 3 is 2.10 bits per heavy atom. The fourth-order valence-corrected chi connectivity index (χ4v) is 7.78. The van der Waals surface area contributed by atoms with Crippen molar-refractivity contribution in [1.29, 1.82) is 0 Å². The number of ether oxygens (including phenoxy) is 1. The Labute approximate surface area is 139 Å². The summed E-state index contributed by atoms with van der Waals surface area (Å²) in [6.07, 6.45) is 0. The van der Waals surface area contributed by atoms with Crippen LogP contribution in [0.15, 0.2) is 18.2 Å². The fourth-order valence-electron chi connectivity index (χ4n) is 1.48. The van der Waals surface area contributed by atoms with Crippen molar-refractivity contribution < 1.29 is 14.6 Å². The average molecular weight is 515 g/mol. The second-order valence-corrected chi connectivity index (χ2v) is 19.0. The quantitative estimate of drug-likeness (QED) is 0.543. The summed E-state index contributed by atoms with van der Waals surface area (Å²) in [4.78, 5) is 10.2. The molecule has 0 bridgehead atoms. The van der Waals surface area contributed by atoms with Gasteiger partial charge in [-0.2, -0.15) is 0 Å². The van der Waals surface area contributed by atoms with Crippen molar-refractivity contribution in [3.05, 3.63) is 28.2 Å². The molecule has 1 radical (unpaired) electrons. The SMILES string of the molecule is C[CH2][Pb]([CH2]C)[CH2]C.O=C(O)COc1ccc(Cl)cc1Cl. The Morgan fingerprint density at radius 2 is 1.75 bits per heavy atom. The predicted octanol–water partition coefficient (Wildman–Crippen LogP) is 5.00. The van der Waals surface area contributed by atoms with E-state index in [4.69, 9.17) is 33.0 Å². The van der Waals surface area contributed by atoms with Crippen LogP contribution in [0, 0.1) is 0 Å². The predicted molar refractivity (Wildman–Crippen MR) is 86.8 cm³/mol. The second kappa shape index (κ2) is 11.6. The van der Waals surface area contributed by atoms with E-state index in [1.807, 2.05) is 0 Å². The normalized spacial score (nSPS) is 9.90. The van der Waals surface area contributed by atoms with Crippen LogP contribution in [0.2, 0.25) is 22.0 Å². The minimum absolute atomic E-state index is 0.300. The molecule has 0 aliphatic rings. The summed E-state index contributed by atoms with van der Waals surface area (Å²) in [5.74, 6) is -0.737. The maximum atomic E-state index is 10.2. The molecule has 113 valence electrons. The molecule has 6 heteroatoms. The van der Waals surface area contributed by atoms with Crippen molar-refractivity contribution in [2.45, 2.75) is 32.7 Å². The Balaban J connectivity index is 0.000000441. The number of rotatable bonds is 6. The minimum Gasteiger partial charge on any atom is -0.480 e. The third-order valence-electron chi connectivity index (χ3n) is 2.75. The van der Waals surface area contributed by atoms with Crippen molar-refractivity contribution in [3.8, 4) is 5.75 Å². The monoisotopic (exact) mass is 515 g/mol. The summed E-state index contributed by atoms with van der Waals surface area (Å²) in [6, 6.07) is 4.58. The van der Waals surface area contributed by atoms with E-state index in [2.05, 4.69) is 20.8 Å². The Bertz CT molecular complexity index is 404. The van der Waals surface area contributed by atoms with Gasteiger partial charge in [0.2, 0.25) is 0 Å². The fraction of sp³-hybridized carbons (Fsp3) is 0.500. The van der Waals surface area contributed by atoms with E-state index < -0.39 is 35.3 Å². The second-order valence-electron chi connectivity index (χ2n) is 4.07. The van der Waals surface area contributed by atoms with Crippen molar-refractivity contribution in [1.82, 2.24) is 0 Å². The summed E-state index contributed by atoms with van der Waals surface area (Å²) in [5, 5.41) is 9.11. The van der Waals surface area contributed by atoms with Gasteiger partial charge in [0.15, 0.2) is 6.61 Å². The zero-order valence-electron chi connectivity index (χ0n) is 12.1. The van der Waals surface area contributed by atoms with E-state index in [1.54, 1.807) is 18.0 Å². The summed E-state index contributed by atoms with van der Waals surface area (Å²) in [5.41, 5.74) is 0. The van der Waals surface area contributed by atoms with Gasteiger partial charge in [-0.25, -0.2) is 4.79 Å². The molecule has 1 aromatic rings. The first-order chi connectivity index (χ1) is 9.44. The van der Waals surface area contributed by atoms with Crippen LogP contribution in [0.3, 0.4) is 0 Å². The maximum Gasteiger partial charge on any atom is 0.341 e. The topological polar surface area (TPSA) is 46.5 Å². The van der Waals surface area contributed by atoms with Gasteiger partial charge in [-0.1, -0.05) is 23.2 Å². The van der Waals surface area contributed by atoms with E-state index in [-0.39, 0.29) is 0 Å². The van der Waals surface area contributed by atoms with Gasteiger partial charge >= 0.3 is 61.4 Å². The van der Waals surface area contributed by atoms with Crippen molar-refractivity contribution in [2.24, 2.45) is 0 Å². The summed E-state index contributed by atoms with van der Waals surface area (Å²) in [6.45, 7) is 6.65. The number of halogens is 2. The van der Waals surface area contributed by atoms with Crippen molar-refractivity contribution in [3.63, 3.8) is 0 Å². The summed E-state index contributed by atoms with van der Waals surface area (Å²) < 4.78 is 9.56. The van der Waals surface area contributed by atoms with Gasteiger partial charge in [-0.15, -0.1) is 0 Å². The molecule has 0 aromatic heterocycles. The molecule has 0 heterocycles. The molecular weight excluding hydrogens is 494 g/mol. The number of benzene rings is 1. The first kappa shape index (κ1) is 20.0. The molecule has 3 nitrogen and oxygen atoms in total. The van der Waals surface area contributed by atoms with Crippen LogP contribution in [-0.2, 0) is 4.79 Å². The van der Waals surface area contributed by atoms with Crippen LogP contribution < -0.4 is 4.74 Å². The molecule has 0 aliphatic heterocycles. The van der Waals surface area contributed by atoms with E-state index in [1.165, 1.54) is 12.1 Å². The molecule has 1 rings (SSSR count). The van der Waals surface area contributed by atoms with Crippen LogP contribution >= 0.6 is 23.2 Å². The van der Waals surface area contributed by atoms with Gasteiger partial charge in [0.1, 0.15) is 5.75 Å². The van der Waals surface area contributed by atoms with Gasteiger partial charge in [-0.05, 0) is 18.2 Å². The van der Waals surface area contributed by atoms with Crippen LogP contribution in [0.1, 0.15) is 20.8 Å². The smallest absolute Gasteiger partial charge is 0.341 e. The number of aliphatic carboxylic acids is 1. The molecule has 0 spiro atoms. The number of carbonyl (C=O) groups is 1. The van der Waals surface area contributed by atoms with E-state index >= 15 is 0 Å². The Hall–Kier alpha value is -0.00792. The van der Waals surface area contributed by atoms with Crippen LogP contribution in [0.25, 0.3) is 0 Å². The van der Waals surface area contributed by atoms with Crippen molar-refractivity contribution >= 4 is 51.9 Å². The summed E-state index contributed by atoms with van der Waals surface area (Å²) >= 11 is 10.5. The zero-order valence-corrected chi connectivity index (χ0v) is 17.5. The third kappa shape index (κ3) is 9.02. The largest absolute Gasteiger partial charge is 0.480 e. The molecule has 0 unspecified atom stereocenters. The van der Waals surface area contributed by atoms with Crippen LogP contribution in [-0.4, -0.2) is 40.4 Å². The van der Waals surface area contributed by atoms with E-state index in [9.17, 15) is 4.79 Å². The Kier molecular flexibility index (Phi) is 11.6. The molecule has 20 heavy (non-hydrogen) atoms. The van der Waals surface area contributed by atoms with Crippen LogP contribution in [0.5, 0.6) is 5.75 Å². The molecule has 1 N–H and O–H groups in total. The number of carboxylic acids is 1. The molecule has 0 aliphatic carbocycles.